The normalized spacial score (nSPS) is 17.8. The van der Waals surface area contributed by atoms with E-state index in [-0.39, 0.29) is 18.4 Å². The van der Waals surface area contributed by atoms with E-state index in [1.807, 2.05) is 11.4 Å². The largest absolute Gasteiger partial charge is 0.354 e. The topological polar surface area (TPSA) is 49.4 Å². The average Bonchev–Trinajstić information content (AvgIpc) is 2.99. The number of hydrogen-bond donors (Lipinski definition) is 1. The molecule has 2 amide bonds. The molecule has 0 saturated carbocycles. The second-order valence-electron chi connectivity index (χ2n) is 5.09. The third kappa shape index (κ3) is 4.20. The van der Waals surface area contributed by atoms with Gasteiger partial charge in [-0.05, 0) is 36.6 Å². The standard InChI is InChI=1S/C15H20N2O2S/c1-17(15(19)13-8-5-9-20-13)11-14(18)16-10-12-6-3-2-4-7-12/h2-3,5,8-9,12H,4,6-7,10-11H2,1H3,(H,16,18). The van der Waals surface area contributed by atoms with Gasteiger partial charge in [0.25, 0.3) is 5.91 Å². The van der Waals surface area contributed by atoms with Gasteiger partial charge in [-0.15, -0.1) is 11.3 Å². The van der Waals surface area contributed by atoms with E-state index in [4.69, 9.17) is 0 Å². The molecule has 20 heavy (non-hydrogen) atoms. The van der Waals surface area contributed by atoms with Crippen molar-refractivity contribution >= 4 is 23.2 Å². The molecule has 1 aromatic rings. The van der Waals surface area contributed by atoms with E-state index in [1.54, 1.807) is 13.1 Å². The van der Waals surface area contributed by atoms with E-state index in [0.29, 0.717) is 17.3 Å². The van der Waals surface area contributed by atoms with Crippen molar-refractivity contribution in [3.05, 3.63) is 34.5 Å². The predicted octanol–water partition coefficient (Wildman–Crippen LogP) is 2.29. The molecule has 0 aliphatic heterocycles. The van der Waals surface area contributed by atoms with Gasteiger partial charge < -0.3 is 10.2 Å². The van der Waals surface area contributed by atoms with Crippen LogP contribution >= 0.6 is 11.3 Å². The number of rotatable bonds is 5. The second kappa shape index (κ2) is 7.24. The lowest BCUT2D eigenvalue weighted by atomic mass is 9.94. The smallest absolute Gasteiger partial charge is 0.264 e. The summed E-state index contributed by atoms with van der Waals surface area (Å²) in [5.74, 6) is 0.338. The molecule has 108 valence electrons. The third-order valence-corrected chi connectivity index (χ3v) is 4.28. The zero-order valence-electron chi connectivity index (χ0n) is 11.7. The maximum Gasteiger partial charge on any atom is 0.264 e. The molecule has 2 rings (SSSR count). The van der Waals surface area contributed by atoms with E-state index in [1.165, 1.54) is 16.2 Å². The Labute approximate surface area is 123 Å². The number of amides is 2. The average molecular weight is 292 g/mol. The van der Waals surface area contributed by atoms with Crippen LogP contribution in [0.4, 0.5) is 0 Å². The first kappa shape index (κ1) is 14.8. The predicted molar refractivity (Wildman–Crippen MR) is 80.8 cm³/mol. The van der Waals surface area contributed by atoms with Crippen LogP contribution in [0.1, 0.15) is 28.9 Å². The molecule has 1 unspecified atom stereocenters. The van der Waals surface area contributed by atoms with Crippen LogP contribution < -0.4 is 5.32 Å². The summed E-state index contributed by atoms with van der Waals surface area (Å²) in [5.41, 5.74) is 0. The summed E-state index contributed by atoms with van der Waals surface area (Å²) in [6.07, 6.45) is 7.61. The van der Waals surface area contributed by atoms with Gasteiger partial charge in [0.05, 0.1) is 11.4 Å². The Bertz CT molecular complexity index is 482. The van der Waals surface area contributed by atoms with E-state index < -0.39 is 0 Å². The van der Waals surface area contributed by atoms with E-state index in [2.05, 4.69) is 17.5 Å². The number of likely N-dealkylation sites (N-methyl/N-ethyl adjacent to an activating group) is 1. The van der Waals surface area contributed by atoms with Gasteiger partial charge in [-0.1, -0.05) is 18.2 Å². The van der Waals surface area contributed by atoms with E-state index in [0.717, 1.165) is 19.3 Å². The van der Waals surface area contributed by atoms with Gasteiger partial charge >= 0.3 is 0 Å². The Kier molecular flexibility index (Phi) is 5.35. The highest BCUT2D eigenvalue weighted by atomic mass is 32.1. The van der Waals surface area contributed by atoms with Gasteiger partial charge in [-0.2, -0.15) is 0 Å². The number of nitrogens with one attached hydrogen (secondary N) is 1. The van der Waals surface area contributed by atoms with Crippen LogP contribution in [-0.2, 0) is 4.79 Å². The summed E-state index contributed by atoms with van der Waals surface area (Å²) in [6, 6.07) is 3.61. The monoisotopic (exact) mass is 292 g/mol. The summed E-state index contributed by atoms with van der Waals surface area (Å²) in [7, 11) is 1.66. The lowest BCUT2D eigenvalue weighted by Gasteiger charge is -2.20. The molecule has 1 N–H and O–H groups in total. The Morgan fingerprint density at radius 2 is 2.30 bits per heavy atom. The van der Waals surface area contributed by atoms with Gasteiger partial charge in [0.1, 0.15) is 0 Å². The highest BCUT2D eigenvalue weighted by Gasteiger charge is 2.16. The lowest BCUT2D eigenvalue weighted by Crippen LogP contribution is -2.39. The molecule has 1 aliphatic carbocycles. The molecule has 0 fully saturated rings. The number of allylic oxidation sites excluding steroid dienone is 2. The zero-order chi connectivity index (χ0) is 14.4. The summed E-state index contributed by atoms with van der Waals surface area (Å²) in [6.45, 7) is 0.809. The number of carbonyl (C=O) groups is 2. The van der Waals surface area contributed by atoms with Crippen molar-refractivity contribution in [2.75, 3.05) is 20.1 Å². The highest BCUT2D eigenvalue weighted by molar-refractivity contribution is 7.12. The van der Waals surface area contributed by atoms with Gasteiger partial charge in [-0.25, -0.2) is 0 Å². The Balaban J connectivity index is 1.73. The molecule has 0 spiro atoms. The Morgan fingerprint density at radius 3 is 2.95 bits per heavy atom. The van der Waals surface area contributed by atoms with Crippen molar-refractivity contribution in [2.24, 2.45) is 5.92 Å². The first-order valence-electron chi connectivity index (χ1n) is 6.87. The summed E-state index contributed by atoms with van der Waals surface area (Å²) in [5, 5.41) is 4.78. The first-order chi connectivity index (χ1) is 9.66. The minimum Gasteiger partial charge on any atom is -0.354 e. The van der Waals surface area contributed by atoms with Crippen molar-refractivity contribution in [3.63, 3.8) is 0 Å². The SMILES string of the molecule is CN(CC(=O)NCC1CC=CCC1)C(=O)c1cccs1. The van der Waals surface area contributed by atoms with Gasteiger partial charge in [-0.3, -0.25) is 9.59 Å². The second-order valence-corrected chi connectivity index (χ2v) is 6.04. The maximum absolute atomic E-state index is 12.0. The summed E-state index contributed by atoms with van der Waals surface area (Å²) >= 11 is 1.39. The Morgan fingerprint density at radius 1 is 1.45 bits per heavy atom. The fraction of sp³-hybridized carbons (Fsp3) is 0.467. The number of hydrogen-bond acceptors (Lipinski definition) is 3. The lowest BCUT2D eigenvalue weighted by molar-refractivity contribution is -0.121. The van der Waals surface area contributed by atoms with Crippen molar-refractivity contribution in [3.8, 4) is 0 Å². The molecule has 1 aromatic heterocycles. The van der Waals surface area contributed by atoms with E-state index in [9.17, 15) is 9.59 Å². The van der Waals surface area contributed by atoms with Crippen molar-refractivity contribution in [1.82, 2.24) is 10.2 Å². The fourth-order valence-electron chi connectivity index (χ4n) is 2.23. The fourth-order valence-corrected chi connectivity index (χ4v) is 2.95. The molecule has 0 aromatic carbocycles. The van der Waals surface area contributed by atoms with Crippen LogP contribution in [0, 0.1) is 5.92 Å². The summed E-state index contributed by atoms with van der Waals surface area (Å²) in [4.78, 5) is 26.0. The third-order valence-electron chi connectivity index (χ3n) is 3.43. The molecule has 0 bridgehead atoms. The summed E-state index contributed by atoms with van der Waals surface area (Å²) < 4.78 is 0. The minimum atomic E-state index is -0.101. The van der Waals surface area contributed by atoms with Crippen LogP contribution in [0.15, 0.2) is 29.7 Å². The Hall–Kier alpha value is -1.62. The van der Waals surface area contributed by atoms with Gasteiger partial charge in [0.15, 0.2) is 0 Å². The van der Waals surface area contributed by atoms with Crippen LogP contribution in [0.5, 0.6) is 0 Å². The molecule has 5 heteroatoms. The van der Waals surface area contributed by atoms with Crippen LogP contribution in [0.3, 0.4) is 0 Å². The van der Waals surface area contributed by atoms with Crippen LogP contribution in [0.25, 0.3) is 0 Å². The molecule has 0 radical (unpaired) electrons. The molecule has 1 atom stereocenters. The first-order valence-corrected chi connectivity index (χ1v) is 7.75. The molecule has 1 aliphatic rings. The minimum absolute atomic E-state index is 0.0908. The number of thiophene rings is 1. The number of carbonyl (C=O) groups excluding carboxylic acids is 2. The van der Waals surface area contributed by atoms with Gasteiger partial charge in [0, 0.05) is 13.6 Å². The van der Waals surface area contributed by atoms with Crippen LogP contribution in [0.2, 0.25) is 0 Å². The van der Waals surface area contributed by atoms with Crippen LogP contribution in [-0.4, -0.2) is 36.9 Å². The van der Waals surface area contributed by atoms with E-state index >= 15 is 0 Å². The number of nitrogens with zero attached hydrogens (tertiary/aromatic N) is 1. The van der Waals surface area contributed by atoms with Crippen molar-refractivity contribution in [2.45, 2.75) is 19.3 Å². The van der Waals surface area contributed by atoms with Crippen molar-refractivity contribution < 1.29 is 9.59 Å². The quantitative estimate of drug-likeness (QED) is 0.847. The molecule has 4 nitrogen and oxygen atoms in total. The molecule has 1 heterocycles. The zero-order valence-corrected chi connectivity index (χ0v) is 12.5. The molecular formula is C15H20N2O2S. The molecular weight excluding hydrogens is 272 g/mol. The highest BCUT2D eigenvalue weighted by Crippen LogP contribution is 2.16. The molecule has 0 saturated heterocycles. The maximum atomic E-state index is 12.0. The van der Waals surface area contributed by atoms with Crippen molar-refractivity contribution in [1.29, 1.82) is 0 Å². The van der Waals surface area contributed by atoms with Gasteiger partial charge in [0.2, 0.25) is 5.91 Å².